The first kappa shape index (κ1) is 16.6. The molecule has 0 unspecified atom stereocenters. The molecule has 0 saturated heterocycles. The van der Waals surface area contributed by atoms with Gasteiger partial charge in [-0.2, -0.15) is 0 Å². The summed E-state index contributed by atoms with van der Waals surface area (Å²) in [6, 6.07) is 11.4. The van der Waals surface area contributed by atoms with Crippen LogP contribution in [0.1, 0.15) is 16.1 Å². The van der Waals surface area contributed by atoms with Crippen LogP contribution in [0.2, 0.25) is 0 Å². The molecule has 0 aliphatic heterocycles. The SMILES string of the molecule is COc1cccc(C(=O)NCc2cc(-c3ccc(F)cc3F)on2)c1. The van der Waals surface area contributed by atoms with Crippen molar-refractivity contribution in [1.82, 2.24) is 10.5 Å². The summed E-state index contributed by atoms with van der Waals surface area (Å²) in [5, 5.41) is 6.46. The molecule has 0 aliphatic carbocycles. The highest BCUT2D eigenvalue weighted by Crippen LogP contribution is 2.24. The number of benzene rings is 2. The predicted molar refractivity (Wildman–Crippen MR) is 86.0 cm³/mol. The Hall–Kier alpha value is -3.22. The second-order valence-corrected chi connectivity index (χ2v) is 5.22. The van der Waals surface area contributed by atoms with Crippen molar-refractivity contribution in [2.24, 2.45) is 0 Å². The van der Waals surface area contributed by atoms with Crippen molar-refractivity contribution >= 4 is 5.91 Å². The lowest BCUT2D eigenvalue weighted by Gasteiger charge is -2.05. The highest BCUT2D eigenvalue weighted by atomic mass is 19.1. The third-order valence-electron chi connectivity index (χ3n) is 3.52. The van der Waals surface area contributed by atoms with Gasteiger partial charge in [0, 0.05) is 17.7 Å². The molecule has 0 aliphatic rings. The molecule has 0 atom stereocenters. The van der Waals surface area contributed by atoms with Crippen LogP contribution in [-0.2, 0) is 6.54 Å². The van der Waals surface area contributed by atoms with Gasteiger partial charge in [0.1, 0.15) is 23.1 Å². The van der Waals surface area contributed by atoms with Crippen LogP contribution in [0.15, 0.2) is 53.1 Å². The van der Waals surface area contributed by atoms with E-state index >= 15 is 0 Å². The molecule has 0 spiro atoms. The van der Waals surface area contributed by atoms with Crippen molar-refractivity contribution in [3.8, 4) is 17.1 Å². The first-order valence-electron chi connectivity index (χ1n) is 7.40. The zero-order chi connectivity index (χ0) is 17.8. The standard InChI is InChI=1S/C18H14F2N2O3/c1-24-14-4-2-3-11(7-14)18(23)21-10-13-9-17(25-22-13)15-6-5-12(19)8-16(15)20/h2-9H,10H2,1H3,(H,21,23). The summed E-state index contributed by atoms with van der Waals surface area (Å²) in [4.78, 5) is 12.1. The van der Waals surface area contributed by atoms with Crippen LogP contribution in [0.25, 0.3) is 11.3 Å². The van der Waals surface area contributed by atoms with Crippen LogP contribution < -0.4 is 10.1 Å². The summed E-state index contributed by atoms with van der Waals surface area (Å²) in [6.45, 7) is 0.0996. The summed E-state index contributed by atoms with van der Waals surface area (Å²) in [7, 11) is 1.52. The van der Waals surface area contributed by atoms with Gasteiger partial charge in [-0.05, 0) is 30.3 Å². The Morgan fingerprint density at radius 1 is 1.20 bits per heavy atom. The van der Waals surface area contributed by atoms with Gasteiger partial charge >= 0.3 is 0 Å². The van der Waals surface area contributed by atoms with E-state index in [1.54, 1.807) is 24.3 Å². The van der Waals surface area contributed by atoms with E-state index in [4.69, 9.17) is 9.26 Å². The number of aromatic nitrogens is 1. The fourth-order valence-electron chi connectivity index (χ4n) is 2.25. The average Bonchev–Trinajstić information content (AvgIpc) is 3.08. The van der Waals surface area contributed by atoms with Gasteiger partial charge in [-0.25, -0.2) is 8.78 Å². The summed E-state index contributed by atoms with van der Waals surface area (Å²) < 4.78 is 36.8. The van der Waals surface area contributed by atoms with Crippen LogP contribution >= 0.6 is 0 Å². The van der Waals surface area contributed by atoms with E-state index < -0.39 is 11.6 Å². The zero-order valence-electron chi connectivity index (χ0n) is 13.3. The van der Waals surface area contributed by atoms with Crippen molar-refractivity contribution in [3.63, 3.8) is 0 Å². The minimum atomic E-state index is -0.747. The maximum Gasteiger partial charge on any atom is 0.251 e. The summed E-state index contributed by atoms with van der Waals surface area (Å²) in [5.41, 5.74) is 0.946. The maximum absolute atomic E-state index is 13.7. The van der Waals surface area contributed by atoms with E-state index in [1.807, 2.05) is 0 Å². The van der Waals surface area contributed by atoms with E-state index in [0.717, 1.165) is 12.1 Å². The highest BCUT2D eigenvalue weighted by molar-refractivity contribution is 5.94. The van der Waals surface area contributed by atoms with Gasteiger partial charge in [-0.3, -0.25) is 4.79 Å². The van der Waals surface area contributed by atoms with Gasteiger partial charge in [0.15, 0.2) is 5.76 Å². The minimum Gasteiger partial charge on any atom is -0.497 e. The molecule has 1 heterocycles. The van der Waals surface area contributed by atoms with E-state index in [-0.39, 0.29) is 23.8 Å². The monoisotopic (exact) mass is 344 g/mol. The van der Waals surface area contributed by atoms with Gasteiger partial charge in [0.25, 0.3) is 5.91 Å². The molecule has 3 rings (SSSR count). The van der Waals surface area contributed by atoms with Crippen molar-refractivity contribution in [3.05, 3.63) is 71.4 Å². The Morgan fingerprint density at radius 2 is 2.04 bits per heavy atom. The number of carbonyl (C=O) groups is 1. The molecule has 2 aromatic carbocycles. The molecule has 7 heteroatoms. The van der Waals surface area contributed by atoms with Crippen LogP contribution in [0, 0.1) is 11.6 Å². The molecular weight excluding hydrogens is 330 g/mol. The number of hydrogen-bond donors (Lipinski definition) is 1. The van der Waals surface area contributed by atoms with Gasteiger partial charge in [0.05, 0.1) is 19.2 Å². The molecular formula is C18H14F2N2O3. The first-order valence-corrected chi connectivity index (χ1v) is 7.40. The number of nitrogens with one attached hydrogen (secondary N) is 1. The topological polar surface area (TPSA) is 64.4 Å². The normalized spacial score (nSPS) is 10.5. The van der Waals surface area contributed by atoms with Crippen LogP contribution in [0.4, 0.5) is 8.78 Å². The molecule has 0 radical (unpaired) electrons. The zero-order valence-corrected chi connectivity index (χ0v) is 13.3. The number of hydrogen-bond acceptors (Lipinski definition) is 4. The van der Waals surface area contributed by atoms with E-state index in [9.17, 15) is 13.6 Å². The number of nitrogens with zero attached hydrogens (tertiary/aromatic N) is 1. The molecule has 25 heavy (non-hydrogen) atoms. The summed E-state index contributed by atoms with van der Waals surface area (Å²) in [6.07, 6.45) is 0. The lowest BCUT2D eigenvalue weighted by molar-refractivity contribution is 0.0949. The summed E-state index contributed by atoms with van der Waals surface area (Å²) >= 11 is 0. The molecule has 0 fully saturated rings. The second kappa shape index (κ2) is 7.12. The van der Waals surface area contributed by atoms with Gasteiger partial charge < -0.3 is 14.6 Å². The van der Waals surface area contributed by atoms with Crippen molar-refractivity contribution in [2.75, 3.05) is 7.11 Å². The lowest BCUT2D eigenvalue weighted by atomic mass is 10.1. The van der Waals surface area contributed by atoms with Crippen molar-refractivity contribution < 1.29 is 22.8 Å². The molecule has 0 bridgehead atoms. The third-order valence-corrected chi connectivity index (χ3v) is 3.52. The second-order valence-electron chi connectivity index (χ2n) is 5.22. The van der Waals surface area contributed by atoms with E-state index in [0.29, 0.717) is 17.0 Å². The third kappa shape index (κ3) is 3.82. The average molecular weight is 344 g/mol. The Morgan fingerprint density at radius 3 is 2.80 bits per heavy atom. The number of amides is 1. The maximum atomic E-state index is 13.7. The largest absolute Gasteiger partial charge is 0.497 e. The van der Waals surface area contributed by atoms with Crippen LogP contribution in [0.3, 0.4) is 0 Å². The number of rotatable bonds is 5. The van der Waals surface area contributed by atoms with E-state index in [2.05, 4.69) is 10.5 Å². The molecule has 1 N–H and O–H groups in total. The number of halogens is 2. The Balaban J connectivity index is 1.68. The van der Waals surface area contributed by atoms with Crippen LogP contribution in [-0.4, -0.2) is 18.2 Å². The van der Waals surface area contributed by atoms with Gasteiger partial charge in [0.2, 0.25) is 0 Å². The number of ether oxygens (including phenoxy) is 1. The summed E-state index contributed by atoms with van der Waals surface area (Å²) in [5.74, 6) is -1.00. The van der Waals surface area contributed by atoms with E-state index in [1.165, 1.54) is 19.2 Å². The van der Waals surface area contributed by atoms with Gasteiger partial charge in [-0.15, -0.1) is 0 Å². The first-order chi connectivity index (χ1) is 12.1. The lowest BCUT2D eigenvalue weighted by Crippen LogP contribution is -2.22. The number of methoxy groups -OCH3 is 1. The molecule has 1 aromatic heterocycles. The number of carbonyl (C=O) groups excluding carboxylic acids is 1. The van der Waals surface area contributed by atoms with Crippen molar-refractivity contribution in [1.29, 1.82) is 0 Å². The van der Waals surface area contributed by atoms with Gasteiger partial charge in [-0.1, -0.05) is 11.2 Å². The smallest absolute Gasteiger partial charge is 0.251 e. The van der Waals surface area contributed by atoms with Crippen molar-refractivity contribution in [2.45, 2.75) is 6.54 Å². The quantitative estimate of drug-likeness (QED) is 0.769. The Bertz CT molecular complexity index is 909. The Kier molecular flexibility index (Phi) is 4.74. The minimum absolute atomic E-state index is 0.0965. The molecule has 5 nitrogen and oxygen atoms in total. The Labute approximate surface area is 142 Å². The molecule has 1 amide bonds. The molecule has 128 valence electrons. The fraction of sp³-hybridized carbons (Fsp3) is 0.111. The molecule has 3 aromatic rings. The fourth-order valence-corrected chi connectivity index (χ4v) is 2.25. The predicted octanol–water partition coefficient (Wildman–Crippen LogP) is 3.56. The van der Waals surface area contributed by atoms with Crippen LogP contribution in [0.5, 0.6) is 5.75 Å². The molecule has 0 saturated carbocycles. The highest BCUT2D eigenvalue weighted by Gasteiger charge is 2.13.